The third kappa shape index (κ3) is 3.28. The van der Waals surface area contributed by atoms with Crippen LogP contribution in [0.5, 0.6) is 11.5 Å². The number of hydrazone groups is 1. The number of amides is 1. The zero-order valence-electron chi connectivity index (χ0n) is 14.5. The maximum atomic E-state index is 12.4. The lowest BCUT2D eigenvalue weighted by Gasteiger charge is -2.35. The Morgan fingerprint density at radius 1 is 1.23 bits per heavy atom. The van der Waals surface area contributed by atoms with Crippen LogP contribution in [0.25, 0.3) is 0 Å². The third-order valence-corrected chi connectivity index (χ3v) is 4.66. The number of carbonyl (C=O) groups excluding carboxylic acids is 1. The average molecular weight is 352 g/mol. The smallest absolute Gasteiger partial charge is 0.243 e. The molecule has 1 atom stereocenters. The number of nitrogens with one attached hydrogen (secondary N) is 1. The van der Waals surface area contributed by atoms with Crippen molar-refractivity contribution >= 4 is 12.1 Å². The number of hydrogen-bond acceptors (Lipinski definition) is 5. The van der Waals surface area contributed by atoms with E-state index in [0.717, 1.165) is 28.9 Å². The van der Waals surface area contributed by atoms with E-state index in [0.29, 0.717) is 12.4 Å². The summed E-state index contributed by atoms with van der Waals surface area (Å²) in [7, 11) is 0. The highest BCUT2D eigenvalue weighted by atomic mass is 16.7. The van der Waals surface area contributed by atoms with E-state index < -0.39 is 5.60 Å². The van der Waals surface area contributed by atoms with Crippen LogP contribution in [0, 0.1) is 0 Å². The van der Waals surface area contributed by atoms with E-state index in [4.69, 9.17) is 14.2 Å². The second kappa shape index (κ2) is 6.80. The van der Waals surface area contributed by atoms with E-state index in [1.165, 1.54) is 0 Å². The van der Waals surface area contributed by atoms with Gasteiger partial charge in [0.25, 0.3) is 0 Å². The molecule has 0 radical (unpaired) electrons. The molecule has 1 unspecified atom stereocenters. The summed E-state index contributed by atoms with van der Waals surface area (Å²) in [6, 6.07) is 13.5. The molecular weight excluding hydrogens is 332 g/mol. The van der Waals surface area contributed by atoms with Crippen molar-refractivity contribution in [3.8, 4) is 11.5 Å². The molecule has 0 bridgehead atoms. The van der Waals surface area contributed by atoms with Crippen LogP contribution in [0.2, 0.25) is 0 Å². The highest BCUT2D eigenvalue weighted by Crippen LogP contribution is 2.43. The molecule has 1 amide bonds. The number of carbonyl (C=O) groups is 1. The fourth-order valence-electron chi connectivity index (χ4n) is 3.36. The number of rotatable bonds is 4. The van der Waals surface area contributed by atoms with Crippen LogP contribution in [0.4, 0.5) is 0 Å². The molecule has 4 rings (SSSR count). The first-order valence-electron chi connectivity index (χ1n) is 8.58. The molecule has 6 heteroatoms. The molecule has 2 aromatic carbocycles. The van der Waals surface area contributed by atoms with Gasteiger partial charge in [0.2, 0.25) is 12.7 Å². The van der Waals surface area contributed by atoms with Gasteiger partial charge in [0.1, 0.15) is 0 Å². The van der Waals surface area contributed by atoms with Crippen molar-refractivity contribution < 1.29 is 19.0 Å². The van der Waals surface area contributed by atoms with Crippen molar-refractivity contribution in [3.63, 3.8) is 0 Å². The molecule has 6 nitrogen and oxygen atoms in total. The highest BCUT2D eigenvalue weighted by molar-refractivity contribution is 5.82. The molecule has 0 saturated heterocycles. The summed E-state index contributed by atoms with van der Waals surface area (Å²) < 4.78 is 16.9. The molecule has 0 aliphatic carbocycles. The second-order valence-corrected chi connectivity index (χ2v) is 6.57. The van der Waals surface area contributed by atoms with Crippen molar-refractivity contribution in [2.75, 3.05) is 13.4 Å². The third-order valence-electron chi connectivity index (χ3n) is 4.66. The molecular formula is C20H20N2O4. The molecule has 2 aromatic rings. The van der Waals surface area contributed by atoms with Crippen LogP contribution in [0.15, 0.2) is 47.6 Å². The highest BCUT2D eigenvalue weighted by Gasteiger charge is 2.37. The predicted molar refractivity (Wildman–Crippen MR) is 96.4 cm³/mol. The zero-order valence-corrected chi connectivity index (χ0v) is 14.5. The van der Waals surface area contributed by atoms with Crippen LogP contribution in [-0.2, 0) is 21.6 Å². The van der Waals surface area contributed by atoms with Gasteiger partial charge >= 0.3 is 0 Å². The molecule has 0 saturated carbocycles. The molecule has 0 spiro atoms. The molecule has 134 valence electrons. The van der Waals surface area contributed by atoms with Crippen molar-refractivity contribution in [2.24, 2.45) is 5.10 Å². The summed E-state index contributed by atoms with van der Waals surface area (Å²) >= 11 is 0. The van der Waals surface area contributed by atoms with Gasteiger partial charge in [-0.15, -0.1) is 0 Å². The maximum absolute atomic E-state index is 12.4. The Morgan fingerprint density at radius 3 is 2.81 bits per heavy atom. The van der Waals surface area contributed by atoms with Crippen molar-refractivity contribution in [1.82, 2.24) is 5.43 Å². The van der Waals surface area contributed by atoms with Crippen LogP contribution < -0.4 is 14.9 Å². The van der Waals surface area contributed by atoms with Crippen molar-refractivity contribution in [2.45, 2.75) is 25.4 Å². The Balaban J connectivity index is 1.48. The lowest BCUT2D eigenvalue weighted by molar-refractivity contribution is -0.130. The van der Waals surface area contributed by atoms with Gasteiger partial charge in [-0.25, -0.2) is 5.43 Å². The van der Waals surface area contributed by atoms with E-state index in [1.807, 2.05) is 49.4 Å². The Bertz CT molecular complexity index is 850. The minimum absolute atomic E-state index is 0.172. The second-order valence-electron chi connectivity index (χ2n) is 6.57. The van der Waals surface area contributed by atoms with Crippen molar-refractivity contribution in [1.29, 1.82) is 0 Å². The van der Waals surface area contributed by atoms with E-state index in [-0.39, 0.29) is 19.1 Å². The molecule has 1 N–H and O–H groups in total. The Hall–Kier alpha value is -2.86. The summed E-state index contributed by atoms with van der Waals surface area (Å²) in [4.78, 5) is 12.4. The number of benzene rings is 2. The molecule has 2 aliphatic rings. The molecule has 2 aliphatic heterocycles. The fraction of sp³-hybridized carbons (Fsp3) is 0.300. The number of nitrogens with zero attached hydrogens (tertiary/aromatic N) is 1. The lowest BCUT2D eigenvalue weighted by atomic mass is 9.84. The summed E-state index contributed by atoms with van der Waals surface area (Å²) in [5.41, 5.74) is 4.88. The van der Waals surface area contributed by atoms with Gasteiger partial charge in [0.05, 0.1) is 24.8 Å². The standard InChI is InChI=1S/C20H20N2O4/c1-20(11-19(23)22-21-12-14-5-3-2-4-6-14)16-10-18-17(24-13-25-18)9-15(16)7-8-26-20/h2-6,9-10,12H,7-8,11,13H2,1H3,(H,22,23)/b21-12-. The van der Waals surface area contributed by atoms with Crippen molar-refractivity contribution in [3.05, 3.63) is 59.2 Å². The van der Waals surface area contributed by atoms with Gasteiger partial charge in [0, 0.05) is 0 Å². The van der Waals surface area contributed by atoms with Gasteiger partial charge in [-0.3, -0.25) is 4.79 Å². The molecule has 26 heavy (non-hydrogen) atoms. The van der Waals surface area contributed by atoms with E-state index >= 15 is 0 Å². The minimum Gasteiger partial charge on any atom is -0.454 e. The first-order chi connectivity index (χ1) is 12.6. The predicted octanol–water partition coefficient (Wildman–Crippen LogP) is 2.74. The summed E-state index contributed by atoms with van der Waals surface area (Å²) in [5, 5.41) is 4.03. The largest absolute Gasteiger partial charge is 0.454 e. The van der Waals surface area contributed by atoms with E-state index in [1.54, 1.807) is 6.21 Å². The monoisotopic (exact) mass is 352 g/mol. The van der Waals surface area contributed by atoms with Gasteiger partial charge in [0.15, 0.2) is 11.5 Å². The minimum atomic E-state index is -0.721. The quantitative estimate of drug-likeness (QED) is 0.679. The summed E-state index contributed by atoms with van der Waals surface area (Å²) in [6.07, 6.45) is 2.58. The first-order valence-corrected chi connectivity index (χ1v) is 8.58. The van der Waals surface area contributed by atoms with Gasteiger partial charge < -0.3 is 14.2 Å². The SMILES string of the molecule is CC1(CC(=O)N/N=C\c2ccccc2)OCCc2cc3c(cc21)OCO3. The first kappa shape index (κ1) is 16.6. The molecule has 0 fully saturated rings. The maximum Gasteiger partial charge on any atom is 0.243 e. The number of ether oxygens (including phenoxy) is 3. The molecule has 0 aromatic heterocycles. The number of fused-ring (bicyclic) bond motifs is 2. The van der Waals surface area contributed by atoms with Gasteiger partial charge in [-0.1, -0.05) is 30.3 Å². The van der Waals surface area contributed by atoms with E-state index in [9.17, 15) is 4.79 Å². The molecule has 2 heterocycles. The van der Waals surface area contributed by atoms with Crippen LogP contribution in [0.1, 0.15) is 30.0 Å². The number of hydrogen-bond donors (Lipinski definition) is 1. The average Bonchev–Trinajstić information content (AvgIpc) is 3.09. The normalized spacial score (nSPS) is 20.8. The Kier molecular flexibility index (Phi) is 4.34. The van der Waals surface area contributed by atoms with Crippen LogP contribution in [0.3, 0.4) is 0 Å². The van der Waals surface area contributed by atoms with Crippen LogP contribution in [-0.4, -0.2) is 25.5 Å². The lowest BCUT2D eigenvalue weighted by Crippen LogP contribution is -2.37. The van der Waals surface area contributed by atoms with Crippen LogP contribution >= 0.6 is 0 Å². The Labute approximate surface area is 151 Å². The summed E-state index contributed by atoms with van der Waals surface area (Å²) in [6.45, 7) is 2.71. The fourth-order valence-corrected chi connectivity index (χ4v) is 3.36. The van der Waals surface area contributed by atoms with Gasteiger partial charge in [-0.2, -0.15) is 5.10 Å². The zero-order chi connectivity index (χ0) is 18.0. The van der Waals surface area contributed by atoms with E-state index in [2.05, 4.69) is 10.5 Å². The van der Waals surface area contributed by atoms with Gasteiger partial charge in [-0.05, 0) is 42.2 Å². The summed E-state index contributed by atoms with van der Waals surface area (Å²) in [5.74, 6) is 1.25. The topological polar surface area (TPSA) is 69.2 Å². The Morgan fingerprint density at radius 2 is 2.00 bits per heavy atom.